The summed E-state index contributed by atoms with van der Waals surface area (Å²) in [5, 5.41) is 43.7. The average Bonchev–Trinajstić information content (AvgIpc) is 3.74. The minimum absolute atomic E-state index is 0.0277. The van der Waals surface area contributed by atoms with E-state index in [9.17, 15) is 29.7 Å². The number of carbonyl (C=O) groups is 3. The van der Waals surface area contributed by atoms with Crippen molar-refractivity contribution in [2.24, 2.45) is 17.8 Å². The first-order chi connectivity index (χ1) is 26.9. The third kappa shape index (κ3) is 9.52. The van der Waals surface area contributed by atoms with Crippen LogP contribution in [0.2, 0.25) is 5.04 Å². The summed E-state index contributed by atoms with van der Waals surface area (Å²) in [6.45, 7) is 8.33. The zero-order valence-electron chi connectivity index (χ0n) is 33.3. The number of likely N-dealkylation sites (tertiary alicyclic amines) is 1. The molecule has 4 atom stereocenters. The molecule has 302 valence electrons. The number of amides is 2. The first-order valence-corrected chi connectivity index (χ1v) is 22.0. The summed E-state index contributed by atoms with van der Waals surface area (Å²) in [6.07, 6.45) is 5.18. The fourth-order valence-electron chi connectivity index (χ4n) is 8.88. The molecule has 0 bridgehead atoms. The third-order valence-corrected chi connectivity index (χ3v) is 16.5. The Morgan fingerprint density at radius 2 is 1.59 bits per heavy atom. The normalized spacial score (nSPS) is 19.8. The van der Waals surface area contributed by atoms with Gasteiger partial charge in [0.25, 0.3) is 8.32 Å². The SMILES string of the molecule is CCC/C(=C\c1ccc(CO)o1)CC[C@@H](O)C1=C(CO[Si](c2ccccc2)(c2ccccc2)C(C)(C)C)C[C@H]2C(=O)N(CCCCCC(=O)O)C(=O)[C@H]2[C@H]1CO. The summed E-state index contributed by atoms with van der Waals surface area (Å²) in [4.78, 5) is 40.5. The molecule has 0 spiro atoms. The van der Waals surface area contributed by atoms with Crippen LogP contribution in [-0.4, -0.2) is 77.3 Å². The molecule has 1 fully saturated rings. The van der Waals surface area contributed by atoms with Crippen molar-refractivity contribution in [1.82, 2.24) is 4.90 Å². The van der Waals surface area contributed by atoms with Gasteiger partial charge in [-0.2, -0.15) is 0 Å². The van der Waals surface area contributed by atoms with Crippen molar-refractivity contribution < 1.29 is 43.7 Å². The maximum Gasteiger partial charge on any atom is 0.303 e. The van der Waals surface area contributed by atoms with Gasteiger partial charge in [-0.1, -0.05) is 107 Å². The molecule has 3 aromatic rings. The van der Waals surface area contributed by atoms with Crippen molar-refractivity contribution in [2.45, 2.75) is 103 Å². The fourth-order valence-corrected chi connectivity index (χ4v) is 13.4. The Kier molecular flexibility index (Phi) is 14.9. The standard InChI is InChI=1S/C45H59NO9Si/c1-5-15-31(26-33-22-23-34(28-47)55-33)21-24-39(49)41-32(27-37-42(38(41)29-48)44(53)46(43(37)52)25-14-8-13-20-40(50)51)30-54-56(45(2,3)4,35-16-9-6-10-17-35)36-18-11-7-12-19-36/h6-7,9-12,16-19,22-23,26,37-39,42,47-49H,5,8,13-15,20-21,24-25,27-30H2,1-4H3,(H,50,51)/b31-26+/t37-,38+,39-,42-/m1/s1. The van der Waals surface area contributed by atoms with E-state index in [1.807, 2.05) is 48.5 Å². The molecule has 1 saturated heterocycles. The van der Waals surface area contributed by atoms with Gasteiger partial charge in [0.2, 0.25) is 11.8 Å². The van der Waals surface area contributed by atoms with Crippen LogP contribution in [0.1, 0.15) is 97.0 Å². The van der Waals surface area contributed by atoms with Crippen LogP contribution < -0.4 is 10.4 Å². The zero-order valence-corrected chi connectivity index (χ0v) is 34.3. The van der Waals surface area contributed by atoms with Crippen molar-refractivity contribution in [2.75, 3.05) is 19.8 Å². The van der Waals surface area contributed by atoms with Crippen molar-refractivity contribution in [1.29, 1.82) is 0 Å². The predicted octanol–water partition coefficient (Wildman–Crippen LogP) is 6.23. The van der Waals surface area contributed by atoms with Crippen LogP contribution in [0.5, 0.6) is 0 Å². The number of carbonyl (C=O) groups excluding carboxylic acids is 2. The van der Waals surface area contributed by atoms with E-state index in [4.69, 9.17) is 13.9 Å². The van der Waals surface area contributed by atoms with Gasteiger partial charge in [-0.05, 0) is 83.3 Å². The smallest absolute Gasteiger partial charge is 0.303 e. The number of hydrogen-bond acceptors (Lipinski definition) is 8. The summed E-state index contributed by atoms with van der Waals surface area (Å²) in [7, 11) is -3.05. The van der Waals surface area contributed by atoms with Gasteiger partial charge in [-0.25, -0.2) is 0 Å². The summed E-state index contributed by atoms with van der Waals surface area (Å²) in [5.41, 5.74) is 2.38. The van der Waals surface area contributed by atoms with Crippen LogP contribution in [0.25, 0.3) is 6.08 Å². The maximum absolute atomic E-state index is 14.1. The molecular weight excluding hydrogens is 727 g/mol. The lowest BCUT2D eigenvalue weighted by atomic mass is 9.68. The van der Waals surface area contributed by atoms with Gasteiger partial charge < -0.3 is 29.3 Å². The summed E-state index contributed by atoms with van der Waals surface area (Å²) in [6, 6.07) is 24.0. The number of fused-ring (bicyclic) bond motifs is 1. The lowest BCUT2D eigenvalue weighted by Gasteiger charge is -2.44. The number of aliphatic hydroxyl groups excluding tert-OH is 3. The highest BCUT2D eigenvalue weighted by atomic mass is 28.4. The van der Waals surface area contributed by atoms with Gasteiger partial charge in [0.15, 0.2) is 0 Å². The Hall–Kier alpha value is -4.13. The topological polar surface area (TPSA) is 158 Å². The molecule has 56 heavy (non-hydrogen) atoms. The Labute approximate surface area is 332 Å². The van der Waals surface area contributed by atoms with E-state index in [0.29, 0.717) is 49.2 Å². The highest BCUT2D eigenvalue weighted by molar-refractivity contribution is 6.99. The molecule has 2 heterocycles. The summed E-state index contributed by atoms with van der Waals surface area (Å²) in [5.74, 6) is -2.74. The number of carboxylic acids is 1. The van der Waals surface area contributed by atoms with Gasteiger partial charge in [-0.3, -0.25) is 19.3 Å². The molecular formula is C45H59NO9Si. The molecule has 1 aromatic heterocycles. The van der Waals surface area contributed by atoms with Crippen LogP contribution in [0.15, 0.2) is 93.9 Å². The zero-order chi connectivity index (χ0) is 40.5. The predicted molar refractivity (Wildman–Crippen MR) is 218 cm³/mol. The van der Waals surface area contributed by atoms with E-state index in [1.54, 1.807) is 6.07 Å². The van der Waals surface area contributed by atoms with E-state index in [-0.39, 0.29) is 49.5 Å². The number of imide groups is 1. The molecule has 1 aliphatic heterocycles. The molecule has 1 aliphatic carbocycles. The lowest BCUT2D eigenvalue weighted by Crippen LogP contribution is -2.66. The second kappa shape index (κ2) is 19.3. The van der Waals surface area contributed by atoms with Gasteiger partial charge in [-0.15, -0.1) is 0 Å². The molecule has 0 saturated carbocycles. The molecule has 2 aliphatic rings. The van der Waals surface area contributed by atoms with Crippen molar-refractivity contribution >= 4 is 42.6 Å². The number of allylic oxidation sites excluding steroid dienone is 1. The van der Waals surface area contributed by atoms with E-state index in [0.717, 1.165) is 34.4 Å². The molecule has 2 aromatic carbocycles. The first-order valence-electron chi connectivity index (χ1n) is 20.1. The number of aliphatic carboxylic acids is 1. The first kappa shape index (κ1) is 43.0. The van der Waals surface area contributed by atoms with Crippen molar-refractivity contribution in [3.8, 4) is 0 Å². The van der Waals surface area contributed by atoms with Gasteiger partial charge >= 0.3 is 5.97 Å². The number of hydrogen-bond donors (Lipinski definition) is 4. The fraction of sp³-hybridized carbons (Fsp3) is 0.489. The highest BCUT2D eigenvalue weighted by Crippen LogP contribution is 2.47. The van der Waals surface area contributed by atoms with Crippen LogP contribution in [0, 0.1) is 17.8 Å². The van der Waals surface area contributed by atoms with Gasteiger partial charge in [0.1, 0.15) is 18.1 Å². The second-order valence-electron chi connectivity index (χ2n) is 16.2. The monoisotopic (exact) mass is 785 g/mol. The van der Waals surface area contributed by atoms with E-state index in [1.165, 1.54) is 4.90 Å². The molecule has 0 unspecified atom stereocenters. The minimum atomic E-state index is -3.05. The van der Waals surface area contributed by atoms with E-state index >= 15 is 0 Å². The minimum Gasteiger partial charge on any atom is -0.481 e. The van der Waals surface area contributed by atoms with Crippen molar-refractivity contribution in [3.05, 3.63) is 101 Å². The molecule has 0 radical (unpaired) electrons. The van der Waals surface area contributed by atoms with Crippen LogP contribution in [0.3, 0.4) is 0 Å². The van der Waals surface area contributed by atoms with E-state index < -0.39 is 44.8 Å². The summed E-state index contributed by atoms with van der Waals surface area (Å²) < 4.78 is 13.1. The largest absolute Gasteiger partial charge is 0.481 e. The Balaban J connectivity index is 1.53. The Morgan fingerprint density at radius 3 is 2.14 bits per heavy atom. The Morgan fingerprint density at radius 1 is 0.929 bits per heavy atom. The quantitative estimate of drug-likeness (QED) is 0.0452. The van der Waals surface area contributed by atoms with Crippen LogP contribution in [0.4, 0.5) is 0 Å². The van der Waals surface area contributed by atoms with E-state index in [2.05, 4.69) is 52.0 Å². The number of unbranched alkanes of at least 4 members (excludes halogenated alkanes) is 2. The number of furan rings is 1. The molecule has 11 heteroatoms. The molecule has 10 nitrogen and oxygen atoms in total. The second-order valence-corrected chi connectivity index (χ2v) is 20.5. The number of carboxylic acid groups (broad SMARTS) is 1. The molecule has 4 N–H and O–H groups in total. The van der Waals surface area contributed by atoms with Crippen LogP contribution in [-0.2, 0) is 25.4 Å². The maximum atomic E-state index is 14.1. The van der Waals surface area contributed by atoms with Crippen LogP contribution >= 0.6 is 0 Å². The number of nitrogens with zero attached hydrogens (tertiary/aromatic N) is 1. The van der Waals surface area contributed by atoms with Gasteiger partial charge in [0.05, 0.1) is 31.2 Å². The number of rotatable bonds is 20. The van der Waals surface area contributed by atoms with Crippen molar-refractivity contribution in [3.63, 3.8) is 0 Å². The average molecular weight is 786 g/mol. The summed E-state index contributed by atoms with van der Waals surface area (Å²) >= 11 is 0. The number of aliphatic hydroxyl groups is 3. The molecule has 5 rings (SSSR count). The third-order valence-electron chi connectivity index (χ3n) is 11.5. The highest BCUT2D eigenvalue weighted by Gasteiger charge is 2.56. The van der Waals surface area contributed by atoms with Gasteiger partial charge in [0, 0.05) is 18.9 Å². The molecule has 2 amide bonds. The Bertz CT molecular complexity index is 1810. The number of benzene rings is 2. The lowest BCUT2D eigenvalue weighted by molar-refractivity contribution is -0.141.